The van der Waals surface area contributed by atoms with E-state index in [0.29, 0.717) is 43.7 Å². The molecule has 4 N–H and O–H groups in total. The van der Waals surface area contributed by atoms with Gasteiger partial charge in [-0.25, -0.2) is 13.4 Å². The Labute approximate surface area is 208 Å². The fourth-order valence-corrected chi connectivity index (χ4v) is 5.12. The molecule has 13 heteroatoms. The van der Waals surface area contributed by atoms with Crippen LogP contribution in [0.1, 0.15) is 52.0 Å². The highest BCUT2D eigenvalue weighted by Gasteiger charge is 2.24. The summed E-state index contributed by atoms with van der Waals surface area (Å²) in [5, 5.41) is 9.78. The molecule has 0 radical (unpaired) electrons. The monoisotopic (exact) mass is 515 g/mol. The zero-order chi connectivity index (χ0) is 25.5. The summed E-state index contributed by atoms with van der Waals surface area (Å²) in [5.74, 6) is -1.38. The second kappa shape index (κ2) is 11.4. The summed E-state index contributed by atoms with van der Waals surface area (Å²) in [4.78, 5) is 34.7. The molecule has 0 saturated carbocycles. The van der Waals surface area contributed by atoms with E-state index in [4.69, 9.17) is 10.5 Å². The number of ether oxygens (including phenoxy) is 1. The van der Waals surface area contributed by atoms with E-state index in [0.717, 1.165) is 0 Å². The third kappa shape index (κ3) is 6.34. The van der Waals surface area contributed by atoms with Crippen molar-refractivity contribution in [1.82, 2.24) is 20.1 Å². The Morgan fingerprint density at radius 2 is 1.89 bits per heavy atom. The van der Waals surface area contributed by atoms with Gasteiger partial charge in [-0.05, 0) is 31.4 Å². The lowest BCUT2D eigenvalue weighted by Gasteiger charge is -2.22. The van der Waals surface area contributed by atoms with Crippen molar-refractivity contribution < 1.29 is 22.7 Å². The van der Waals surface area contributed by atoms with E-state index in [1.54, 1.807) is 29.1 Å². The zero-order valence-corrected chi connectivity index (χ0v) is 20.5. The minimum atomic E-state index is -3.39. The molecule has 36 heavy (non-hydrogen) atoms. The van der Waals surface area contributed by atoms with Crippen LogP contribution in [0.25, 0.3) is 5.57 Å². The minimum absolute atomic E-state index is 0.000753. The molecular weight excluding hydrogens is 486 g/mol. The quantitative estimate of drug-likeness (QED) is 0.500. The first kappa shape index (κ1) is 25.5. The van der Waals surface area contributed by atoms with E-state index in [1.165, 1.54) is 12.4 Å². The van der Waals surface area contributed by atoms with Crippen LogP contribution in [0.4, 0.5) is 5.69 Å². The number of hydrogen-bond donors (Lipinski definition) is 3. The van der Waals surface area contributed by atoms with E-state index in [1.807, 2.05) is 0 Å². The SMILES string of the molecule is NC=C1C=NCCCS(=O)(=O)CCNC(=O)c2nn(C3CCOCC3)cc2NC(=O)c2cccc1n2. The van der Waals surface area contributed by atoms with Crippen LogP contribution < -0.4 is 16.4 Å². The Balaban J connectivity index is 1.68. The first-order valence-corrected chi connectivity index (χ1v) is 13.5. The number of fused-ring (bicyclic) bond motifs is 3. The molecule has 0 atom stereocenters. The average Bonchev–Trinajstić information content (AvgIpc) is 3.30. The van der Waals surface area contributed by atoms with Crippen molar-refractivity contribution in [2.45, 2.75) is 25.3 Å². The van der Waals surface area contributed by atoms with Crippen molar-refractivity contribution in [3.8, 4) is 0 Å². The third-order valence-corrected chi connectivity index (χ3v) is 7.63. The molecule has 2 amide bonds. The van der Waals surface area contributed by atoms with Crippen LogP contribution in [0.15, 0.2) is 35.6 Å². The molecule has 2 aliphatic rings. The highest BCUT2D eigenvalue weighted by atomic mass is 32.2. The second-order valence-electron chi connectivity index (χ2n) is 8.50. The molecule has 192 valence electrons. The molecular formula is C23H29N7O5S. The molecule has 1 saturated heterocycles. The molecule has 0 unspecified atom stereocenters. The summed E-state index contributed by atoms with van der Waals surface area (Å²) >= 11 is 0. The number of aromatic nitrogens is 3. The van der Waals surface area contributed by atoms with Crippen molar-refractivity contribution in [2.24, 2.45) is 10.7 Å². The Hall–Kier alpha value is -3.58. The second-order valence-corrected chi connectivity index (χ2v) is 10.8. The lowest BCUT2D eigenvalue weighted by molar-refractivity contribution is 0.0660. The predicted molar refractivity (Wildman–Crippen MR) is 135 cm³/mol. The lowest BCUT2D eigenvalue weighted by Crippen LogP contribution is -2.31. The minimum Gasteiger partial charge on any atom is -0.404 e. The first-order valence-electron chi connectivity index (χ1n) is 11.7. The summed E-state index contributed by atoms with van der Waals surface area (Å²) < 4.78 is 31.8. The van der Waals surface area contributed by atoms with E-state index < -0.39 is 21.7 Å². The summed E-state index contributed by atoms with van der Waals surface area (Å²) in [6, 6.07) is 4.91. The maximum Gasteiger partial charge on any atom is 0.274 e. The lowest BCUT2D eigenvalue weighted by atomic mass is 10.1. The zero-order valence-electron chi connectivity index (χ0n) is 19.7. The van der Waals surface area contributed by atoms with Crippen molar-refractivity contribution >= 4 is 39.1 Å². The van der Waals surface area contributed by atoms with Crippen LogP contribution >= 0.6 is 0 Å². The number of nitrogens with one attached hydrogen (secondary N) is 2. The highest BCUT2D eigenvalue weighted by molar-refractivity contribution is 7.91. The van der Waals surface area contributed by atoms with Gasteiger partial charge in [-0.3, -0.25) is 19.3 Å². The van der Waals surface area contributed by atoms with E-state index in [2.05, 4.69) is 25.7 Å². The third-order valence-electron chi connectivity index (χ3n) is 5.89. The number of amides is 2. The van der Waals surface area contributed by atoms with Gasteiger partial charge in [0.2, 0.25) is 0 Å². The largest absolute Gasteiger partial charge is 0.404 e. The maximum atomic E-state index is 13.1. The summed E-state index contributed by atoms with van der Waals surface area (Å²) in [6.07, 6.45) is 6.19. The maximum absolute atomic E-state index is 13.1. The van der Waals surface area contributed by atoms with Gasteiger partial charge in [-0.15, -0.1) is 0 Å². The Morgan fingerprint density at radius 3 is 2.67 bits per heavy atom. The Morgan fingerprint density at radius 1 is 1.11 bits per heavy atom. The first-order chi connectivity index (χ1) is 17.4. The number of allylic oxidation sites excluding steroid dienone is 1. The molecule has 0 aromatic carbocycles. The number of aliphatic imine (C=N–C) groups is 1. The van der Waals surface area contributed by atoms with Gasteiger partial charge in [0.15, 0.2) is 15.5 Å². The number of rotatable bonds is 1. The van der Waals surface area contributed by atoms with E-state index in [9.17, 15) is 18.0 Å². The van der Waals surface area contributed by atoms with Crippen LogP contribution in [0.3, 0.4) is 0 Å². The van der Waals surface area contributed by atoms with E-state index in [-0.39, 0.29) is 47.7 Å². The standard InChI is InChI=1S/C23H29N7O5S/c24-13-16-14-25-7-2-11-36(33,34)12-8-26-23(32)21-20(15-30(29-21)17-5-9-35-10-6-17)28-22(31)19-4-1-3-18(16)27-19/h1,3-4,13-15,17H,2,5-12,24H2,(H,26,32)(H,28,31). The number of nitrogens with zero attached hydrogens (tertiary/aromatic N) is 4. The highest BCUT2D eigenvalue weighted by Crippen LogP contribution is 2.24. The van der Waals surface area contributed by atoms with E-state index >= 15 is 0 Å². The van der Waals surface area contributed by atoms with Crippen molar-refractivity contribution in [3.63, 3.8) is 0 Å². The molecule has 2 aliphatic heterocycles. The number of sulfone groups is 1. The molecule has 0 spiro atoms. The van der Waals surface area contributed by atoms with Crippen molar-refractivity contribution in [2.75, 3.05) is 43.1 Å². The van der Waals surface area contributed by atoms with Crippen LogP contribution in [0.2, 0.25) is 0 Å². The summed E-state index contributed by atoms with van der Waals surface area (Å²) in [7, 11) is -3.39. The van der Waals surface area contributed by atoms with Gasteiger partial charge in [-0.1, -0.05) is 6.07 Å². The van der Waals surface area contributed by atoms with Gasteiger partial charge in [-0.2, -0.15) is 5.10 Å². The summed E-state index contributed by atoms with van der Waals surface area (Å²) in [5.41, 5.74) is 6.98. The number of pyridine rings is 1. The van der Waals surface area contributed by atoms with Gasteiger partial charge in [0, 0.05) is 50.5 Å². The van der Waals surface area contributed by atoms with Gasteiger partial charge >= 0.3 is 0 Å². The average molecular weight is 516 g/mol. The molecule has 4 heterocycles. The van der Waals surface area contributed by atoms with Crippen LogP contribution in [0, 0.1) is 0 Å². The molecule has 12 nitrogen and oxygen atoms in total. The number of hydrogen-bond acceptors (Lipinski definition) is 9. The smallest absolute Gasteiger partial charge is 0.274 e. The number of carbonyl (C=O) groups excluding carboxylic acids is 2. The normalized spacial score (nSPS) is 21.2. The molecule has 0 aliphatic carbocycles. The van der Waals surface area contributed by atoms with Gasteiger partial charge in [0.25, 0.3) is 11.8 Å². The fraction of sp³-hybridized carbons (Fsp3) is 0.435. The van der Waals surface area contributed by atoms with Gasteiger partial charge in [0.1, 0.15) is 5.69 Å². The van der Waals surface area contributed by atoms with Gasteiger partial charge < -0.3 is 21.1 Å². The topological polar surface area (TPSA) is 171 Å². The van der Waals surface area contributed by atoms with Crippen molar-refractivity contribution in [1.29, 1.82) is 0 Å². The molecule has 1 fully saturated rings. The van der Waals surface area contributed by atoms with Crippen LogP contribution in [-0.2, 0) is 14.6 Å². The number of carbonyl (C=O) groups is 2. The molecule has 4 rings (SSSR count). The van der Waals surface area contributed by atoms with Crippen LogP contribution in [0.5, 0.6) is 0 Å². The van der Waals surface area contributed by atoms with Crippen LogP contribution in [-0.4, -0.2) is 79.0 Å². The summed E-state index contributed by atoms with van der Waals surface area (Å²) in [6.45, 7) is 1.34. The van der Waals surface area contributed by atoms with Crippen molar-refractivity contribution in [3.05, 3.63) is 47.7 Å². The Bertz CT molecular complexity index is 1280. The van der Waals surface area contributed by atoms with Gasteiger partial charge in [0.05, 0.1) is 28.9 Å². The predicted octanol–water partition coefficient (Wildman–Crippen LogP) is 0.801. The molecule has 2 aromatic rings. The molecule has 2 aromatic heterocycles. The Kier molecular flexibility index (Phi) is 8.10. The number of anilines is 1. The molecule has 2 bridgehead atoms. The number of nitrogens with two attached hydrogens (primary N) is 1. The fourth-order valence-electron chi connectivity index (χ4n) is 3.93.